The molecule has 0 amide bonds. The summed E-state index contributed by atoms with van der Waals surface area (Å²) in [7, 11) is 0. The Morgan fingerprint density at radius 1 is 0.923 bits per heavy atom. The lowest BCUT2D eigenvalue weighted by Gasteiger charge is -2.31. The second-order valence-corrected chi connectivity index (χ2v) is 4.73. The van der Waals surface area contributed by atoms with Crippen molar-refractivity contribution >= 4 is 0 Å². The van der Waals surface area contributed by atoms with Crippen molar-refractivity contribution in [2.75, 3.05) is 6.54 Å². The van der Waals surface area contributed by atoms with Gasteiger partial charge in [-0.2, -0.15) is 0 Å². The maximum absolute atomic E-state index is 2.58. The SMILES string of the molecule is CCC(C)CCN(C(C)C)C(C)C. The van der Waals surface area contributed by atoms with Crippen molar-refractivity contribution in [3.05, 3.63) is 0 Å². The Kier molecular flexibility index (Phi) is 6.40. The minimum absolute atomic E-state index is 0.684. The topological polar surface area (TPSA) is 3.24 Å². The van der Waals surface area contributed by atoms with Crippen LogP contribution in [0, 0.1) is 5.92 Å². The summed E-state index contributed by atoms with van der Waals surface area (Å²) in [6, 6.07) is 1.37. The molecule has 0 saturated heterocycles. The first-order valence-corrected chi connectivity index (χ1v) is 5.74. The third-order valence-electron chi connectivity index (χ3n) is 2.90. The van der Waals surface area contributed by atoms with E-state index in [9.17, 15) is 0 Å². The predicted octanol–water partition coefficient (Wildman–Crippen LogP) is 3.54. The van der Waals surface area contributed by atoms with Crippen LogP contribution in [0.25, 0.3) is 0 Å². The zero-order chi connectivity index (χ0) is 10.4. The molecule has 13 heavy (non-hydrogen) atoms. The first-order chi connectivity index (χ1) is 5.99. The van der Waals surface area contributed by atoms with E-state index >= 15 is 0 Å². The van der Waals surface area contributed by atoms with E-state index in [4.69, 9.17) is 0 Å². The number of rotatable bonds is 6. The molecular formula is C12H27N. The molecule has 1 unspecified atom stereocenters. The molecule has 0 aromatic heterocycles. The lowest BCUT2D eigenvalue weighted by atomic mass is 10.0. The largest absolute Gasteiger partial charge is 0.299 e. The lowest BCUT2D eigenvalue weighted by Crippen LogP contribution is -2.38. The maximum Gasteiger partial charge on any atom is 0.00412 e. The maximum atomic E-state index is 2.58. The minimum atomic E-state index is 0.684. The van der Waals surface area contributed by atoms with E-state index in [0.29, 0.717) is 12.1 Å². The molecule has 0 spiro atoms. The van der Waals surface area contributed by atoms with Gasteiger partial charge in [0.05, 0.1) is 0 Å². The smallest absolute Gasteiger partial charge is 0.00412 e. The van der Waals surface area contributed by atoms with Gasteiger partial charge in [-0.1, -0.05) is 20.3 Å². The van der Waals surface area contributed by atoms with Crippen molar-refractivity contribution < 1.29 is 0 Å². The molecule has 0 aromatic carbocycles. The molecule has 0 bridgehead atoms. The van der Waals surface area contributed by atoms with E-state index in [2.05, 4.69) is 46.4 Å². The van der Waals surface area contributed by atoms with E-state index in [1.54, 1.807) is 0 Å². The van der Waals surface area contributed by atoms with Crippen LogP contribution in [0.4, 0.5) is 0 Å². The van der Waals surface area contributed by atoms with Crippen molar-refractivity contribution in [1.29, 1.82) is 0 Å². The van der Waals surface area contributed by atoms with Gasteiger partial charge < -0.3 is 0 Å². The first kappa shape index (κ1) is 13.0. The summed E-state index contributed by atoms with van der Waals surface area (Å²) < 4.78 is 0. The molecule has 80 valence electrons. The fourth-order valence-corrected chi connectivity index (χ4v) is 1.69. The molecule has 0 saturated carbocycles. The highest BCUT2D eigenvalue weighted by Gasteiger charge is 2.13. The molecule has 0 aliphatic rings. The molecule has 0 heterocycles. The van der Waals surface area contributed by atoms with Crippen LogP contribution < -0.4 is 0 Å². The highest BCUT2D eigenvalue weighted by molar-refractivity contribution is 4.68. The summed E-state index contributed by atoms with van der Waals surface area (Å²) in [5.74, 6) is 0.875. The molecule has 0 radical (unpaired) electrons. The van der Waals surface area contributed by atoms with Gasteiger partial charge in [0.1, 0.15) is 0 Å². The zero-order valence-corrected chi connectivity index (χ0v) is 10.3. The highest BCUT2D eigenvalue weighted by atomic mass is 15.2. The van der Waals surface area contributed by atoms with Crippen LogP contribution in [-0.4, -0.2) is 23.5 Å². The van der Waals surface area contributed by atoms with Gasteiger partial charge >= 0.3 is 0 Å². The second kappa shape index (κ2) is 6.42. The van der Waals surface area contributed by atoms with Crippen molar-refractivity contribution in [2.45, 2.75) is 66.5 Å². The van der Waals surface area contributed by atoms with Crippen molar-refractivity contribution in [3.63, 3.8) is 0 Å². The minimum Gasteiger partial charge on any atom is -0.299 e. The number of nitrogens with zero attached hydrogens (tertiary/aromatic N) is 1. The quantitative estimate of drug-likeness (QED) is 0.612. The van der Waals surface area contributed by atoms with Gasteiger partial charge in [-0.05, 0) is 46.6 Å². The van der Waals surface area contributed by atoms with E-state index in [-0.39, 0.29) is 0 Å². The Balaban J connectivity index is 3.83. The van der Waals surface area contributed by atoms with Crippen LogP contribution >= 0.6 is 0 Å². The molecule has 1 atom stereocenters. The number of hydrogen-bond acceptors (Lipinski definition) is 1. The summed E-state index contributed by atoms with van der Waals surface area (Å²) in [6.07, 6.45) is 2.65. The molecule has 0 aromatic rings. The molecule has 1 nitrogen and oxygen atoms in total. The van der Waals surface area contributed by atoms with Gasteiger partial charge in [0.15, 0.2) is 0 Å². The fraction of sp³-hybridized carbons (Fsp3) is 1.00. The monoisotopic (exact) mass is 185 g/mol. The Hall–Kier alpha value is -0.0400. The van der Waals surface area contributed by atoms with Gasteiger partial charge in [-0.15, -0.1) is 0 Å². The third-order valence-corrected chi connectivity index (χ3v) is 2.90. The summed E-state index contributed by atoms with van der Waals surface area (Å²) in [6.45, 7) is 15.0. The molecule has 0 aliphatic carbocycles. The standard InChI is InChI=1S/C12H27N/c1-7-12(6)8-9-13(10(2)3)11(4)5/h10-12H,7-9H2,1-6H3. The van der Waals surface area contributed by atoms with Gasteiger partial charge in [0.25, 0.3) is 0 Å². The number of hydrogen-bond donors (Lipinski definition) is 0. The summed E-state index contributed by atoms with van der Waals surface area (Å²) in [4.78, 5) is 2.58. The van der Waals surface area contributed by atoms with Crippen LogP contribution in [0.15, 0.2) is 0 Å². The van der Waals surface area contributed by atoms with E-state index in [0.717, 1.165) is 5.92 Å². The molecule has 1 heteroatoms. The molecule has 0 rings (SSSR count). The van der Waals surface area contributed by atoms with Gasteiger partial charge in [-0.3, -0.25) is 4.90 Å². The van der Waals surface area contributed by atoms with Crippen LogP contribution in [0.3, 0.4) is 0 Å². The fourth-order valence-electron chi connectivity index (χ4n) is 1.69. The van der Waals surface area contributed by atoms with E-state index in [1.807, 2.05) is 0 Å². The van der Waals surface area contributed by atoms with E-state index in [1.165, 1.54) is 19.4 Å². The van der Waals surface area contributed by atoms with Crippen LogP contribution in [0.1, 0.15) is 54.4 Å². The molecular weight excluding hydrogens is 158 g/mol. The van der Waals surface area contributed by atoms with Crippen LogP contribution in [0.2, 0.25) is 0 Å². The lowest BCUT2D eigenvalue weighted by molar-refractivity contribution is 0.163. The average Bonchev–Trinajstić information content (AvgIpc) is 2.03. The summed E-state index contributed by atoms with van der Waals surface area (Å²) in [5.41, 5.74) is 0. The van der Waals surface area contributed by atoms with Crippen LogP contribution in [0.5, 0.6) is 0 Å². The normalized spacial score (nSPS) is 14.5. The Labute approximate surface area is 84.5 Å². The zero-order valence-electron chi connectivity index (χ0n) is 10.3. The predicted molar refractivity (Wildman–Crippen MR) is 61.1 cm³/mol. The van der Waals surface area contributed by atoms with Gasteiger partial charge in [-0.25, -0.2) is 0 Å². The van der Waals surface area contributed by atoms with E-state index < -0.39 is 0 Å². The molecule has 0 fully saturated rings. The van der Waals surface area contributed by atoms with Gasteiger partial charge in [0.2, 0.25) is 0 Å². The van der Waals surface area contributed by atoms with Gasteiger partial charge in [0, 0.05) is 12.1 Å². The second-order valence-electron chi connectivity index (χ2n) is 4.73. The van der Waals surface area contributed by atoms with Crippen molar-refractivity contribution in [2.24, 2.45) is 5.92 Å². The average molecular weight is 185 g/mol. The molecule has 0 aliphatic heterocycles. The van der Waals surface area contributed by atoms with Crippen molar-refractivity contribution in [1.82, 2.24) is 4.90 Å². The van der Waals surface area contributed by atoms with Crippen LogP contribution in [-0.2, 0) is 0 Å². The molecule has 0 N–H and O–H groups in total. The Bertz CT molecular complexity index is 110. The Morgan fingerprint density at radius 2 is 1.38 bits per heavy atom. The third kappa shape index (κ3) is 5.30. The highest BCUT2D eigenvalue weighted by Crippen LogP contribution is 2.11. The summed E-state index contributed by atoms with van der Waals surface area (Å²) in [5, 5.41) is 0. The van der Waals surface area contributed by atoms with Crippen molar-refractivity contribution in [3.8, 4) is 0 Å². The Morgan fingerprint density at radius 3 is 1.69 bits per heavy atom. The first-order valence-electron chi connectivity index (χ1n) is 5.74. The summed E-state index contributed by atoms with van der Waals surface area (Å²) >= 11 is 0.